The van der Waals surface area contributed by atoms with Gasteiger partial charge in [-0.3, -0.25) is 4.98 Å². The second-order valence-electron chi connectivity index (χ2n) is 2.37. The van der Waals surface area contributed by atoms with Crippen LogP contribution in [0.15, 0.2) is 11.1 Å². The molecule has 0 N–H and O–H groups in total. The van der Waals surface area contributed by atoms with E-state index < -0.39 is 26.1 Å². The average Bonchev–Trinajstić information content (AvgIpc) is 2.00. The minimum Gasteiger partial charge on any atom is -0.253 e. The molecule has 0 amide bonds. The van der Waals surface area contributed by atoms with Gasteiger partial charge in [-0.15, -0.1) is 0 Å². The summed E-state index contributed by atoms with van der Waals surface area (Å²) in [7, 11) is 0.895. The van der Waals surface area contributed by atoms with Crippen LogP contribution in [0.1, 0.15) is 12.1 Å². The van der Waals surface area contributed by atoms with Crippen LogP contribution in [0.3, 0.4) is 0 Å². The molecule has 0 aromatic carbocycles. The fourth-order valence-corrected chi connectivity index (χ4v) is 4.57. The number of alkyl halides is 2. The lowest BCUT2D eigenvalue weighted by Crippen LogP contribution is -2.03. The molecule has 0 aliphatic rings. The van der Waals surface area contributed by atoms with Crippen LogP contribution >= 0.6 is 44.9 Å². The number of pyridine rings is 1. The van der Waals surface area contributed by atoms with E-state index in [0.29, 0.717) is 0 Å². The summed E-state index contributed by atoms with van der Waals surface area (Å²) in [5.41, 5.74) is -0.653. The van der Waals surface area contributed by atoms with Crippen LogP contribution in [0.2, 0.25) is 5.02 Å². The van der Waals surface area contributed by atoms with Crippen molar-refractivity contribution in [3.05, 3.63) is 20.5 Å². The van der Waals surface area contributed by atoms with Crippen LogP contribution < -0.4 is 0 Å². The van der Waals surface area contributed by atoms with Crippen LogP contribution in [-0.2, 0) is 9.05 Å². The molecule has 15 heavy (non-hydrogen) atoms. The maximum Gasteiger partial charge on any atom is 0.281 e. The third-order valence-electron chi connectivity index (χ3n) is 1.41. The fraction of sp³-hybridized carbons (Fsp3) is 0.167. The maximum atomic E-state index is 12.4. The predicted molar refractivity (Wildman–Crippen MR) is 60.0 cm³/mol. The second kappa shape index (κ2) is 4.64. The molecule has 0 saturated carbocycles. The molecule has 0 unspecified atom stereocenters. The first-order valence-corrected chi connectivity index (χ1v) is 7.08. The monoisotopic (exact) mass is 387 g/mol. The molecule has 0 aliphatic carbocycles. The lowest BCUT2D eigenvalue weighted by atomic mass is 10.3. The van der Waals surface area contributed by atoms with Gasteiger partial charge >= 0.3 is 0 Å². The lowest BCUT2D eigenvalue weighted by molar-refractivity contribution is 0.144. The number of hydrogen-bond donors (Lipinski definition) is 0. The first kappa shape index (κ1) is 13.3. The SMILES string of the molecule is O=S(=O)(Cl)c1c(Cl)cnc(C(F)F)c1I. The van der Waals surface area contributed by atoms with E-state index in [4.69, 9.17) is 22.3 Å². The molecular formula is C6H2Cl2F2INO2S. The van der Waals surface area contributed by atoms with Crippen molar-refractivity contribution in [1.82, 2.24) is 4.98 Å². The average molecular weight is 388 g/mol. The Balaban J connectivity index is 3.59. The van der Waals surface area contributed by atoms with E-state index >= 15 is 0 Å². The van der Waals surface area contributed by atoms with Gasteiger partial charge in [0.25, 0.3) is 15.5 Å². The molecule has 0 saturated heterocycles. The number of nitrogens with zero attached hydrogens (tertiary/aromatic N) is 1. The van der Waals surface area contributed by atoms with Crippen LogP contribution in [-0.4, -0.2) is 13.4 Å². The van der Waals surface area contributed by atoms with E-state index in [1.165, 1.54) is 22.6 Å². The van der Waals surface area contributed by atoms with Gasteiger partial charge < -0.3 is 0 Å². The molecular weight excluding hydrogens is 386 g/mol. The zero-order chi connectivity index (χ0) is 11.8. The Morgan fingerprint density at radius 2 is 2.00 bits per heavy atom. The van der Waals surface area contributed by atoms with E-state index in [9.17, 15) is 17.2 Å². The van der Waals surface area contributed by atoms with E-state index in [-0.39, 0.29) is 8.59 Å². The number of hydrogen-bond acceptors (Lipinski definition) is 3. The van der Waals surface area contributed by atoms with Crippen molar-refractivity contribution in [2.45, 2.75) is 11.3 Å². The summed E-state index contributed by atoms with van der Waals surface area (Å²) in [6.45, 7) is 0. The van der Waals surface area contributed by atoms with E-state index in [2.05, 4.69) is 4.98 Å². The van der Waals surface area contributed by atoms with Crippen molar-refractivity contribution in [3.8, 4) is 0 Å². The van der Waals surface area contributed by atoms with Crippen molar-refractivity contribution in [2.24, 2.45) is 0 Å². The number of aromatic nitrogens is 1. The van der Waals surface area contributed by atoms with Gasteiger partial charge in [0.2, 0.25) is 0 Å². The summed E-state index contributed by atoms with van der Waals surface area (Å²) in [5, 5.41) is -0.279. The zero-order valence-corrected chi connectivity index (χ0v) is 11.2. The molecule has 1 heterocycles. The molecule has 3 nitrogen and oxygen atoms in total. The van der Waals surface area contributed by atoms with Crippen LogP contribution in [0.5, 0.6) is 0 Å². The van der Waals surface area contributed by atoms with Gasteiger partial charge in [0.15, 0.2) is 0 Å². The molecule has 1 aromatic rings. The topological polar surface area (TPSA) is 47.0 Å². The highest BCUT2D eigenvalue weighted by atomic mass is 127. The molecule has 0 spiro atoms. The highest BCUT2D eigenvalue weighted by molar-refractivity contribution is 14.1. The predicted octanol–water partition coefficient (Wildman–Crippen LogP) is 3.20. The molecule has 0 aliphatic heterocycles. The number of rotatable bonds is 2. The second-order valence-corrected chi connectivity index (χ2v) is 6.36. The largest absolute Gasteiger partial charge is 0.281 e. The van der Waals surface area contributed by atoms with Crippen molar-refractivity contribution >= 4 is 53.9 Å². The van der Waals surface area contributed by atoms with Gasteiger partial charge in [0.1, 0.15) is 10.6 Å². The van der Waals surface area contributed by atoms with E-state index in [1.54, 1.807) is 0 Å². The molecule has 0 atom stereocenters. The Hall–Kier alpha value is 0.270. The van der Waals surface area contributed by atoms with Gasteiger partial charge in [-0.1, -0.05) is 11.6 Å². The normalized spacial score (nSPS) is 12.1. The van der Waals surface area contributed by atoms with Gasteiger partial charge in [-0.25, -0.2) is 17.2 Å². The Morgan fingerprint density at radius 1 is 1.47 bits per heavy atom. The lowest BCUT2D eigenvalue weighted by Gasteiger charge is -2.07. The summed E-state index contributed by atoms with van der Waals surface area (Å²) >= 11 is 6.93. The number of halogens is 5. The summed E-state index contributed by atoms with van der Waals surface area (Å²) < 4.78 is 46.6. The van der Waals surface area contributed by atoms with Crippen molar-refractivity contribution in [2.75, 3.05) is 0 Å². The first-order valence-electron chi connectivity index (χ1n) is 3.32. The van der Waals surface area contributed by atoms with E-state index in [1.807, 2.05) is 0 Å². The minimum absolute atomic E-state index is 0.259. The van der Waals surface area contributed by atoms with E-state index in [0.717, 1.165) is 6.20 Å². The summed E-state index contributed by atoms with van der Waals surface area (Å²) in [6, 6.07) is 0. The van der Waals surface area contributed by atoms with Gasteiger partial charge in [-0.05, 0) is 22.6 Å². The van der Waals surface area contributed by atoms with Gasteiger partial charge in [0, 0.05) is 16.9 Å². The third kappa shape index (κ3) is 2.89. The third-order valence-corrected chi connectivity index (χ3v) is 4.64. The van der Waals surface area contributed by atoms with Crippen molar-refractivity contribution in [1.29, 1.82) is 0 Å². The highest BCUT2D eigenvalue weighted by Crippen LogP contribution is 2.33. The molecule has 84 valence electrons. The fourth-order valence-electron chi connectivity index (χ4n) is 0.838. The smallest absolute Gasteiger partial charge is 0.253 e. The standard InChI is InChI=1S/C6H2Cl2F2INO2S/c7-2-1-12-4(6(9)10)3(11)5(2)15(8,13)14/h1,6H. The summed E-state index contributed by atoms with van der Waals surface area (Å²) in [4.78, 5) is 2.81. The maximum absolute atomic E-state index is 12.4. The summed E-state index contributed by atoms with van der Waals surface area (Å²) in [5.74, 6) is 0. The zero-order valence-electron chi connectivity index (χ0n) is 6.72. The van der Waals surface area contributed by atoms with Crippen molar-refractivity contribution in [3.63, 3.8) is 0 Å². The Morgan fingerprint density at radius 3 is 2.40 bits per heavy atom. The molecule has 9 heteroatoms. The molecule has 1 rings (SSSR count). The van der Waals surface area contributed by atoms with Crippen LogP contribution in [0.4, 0.5) is 8.78 Å². The highest BCUT2D eigenvalue weighted by Gasteiger charge is 2.25. The molecule has 0 radical (unpaired) electrons. The minimum atomic E-state index is -4.16. The van der Waals surface area contributed by atoms with Crippen LogP contribution in [0, 0.1) is 3.57 Å². The molecule has 0 bridgehead atoms. The Bertz CT molecular complexity index is 494. The molecule has 1 aromatic heterocycles. The Labute approximate surface area is 107 Å². The van der Waals surface area contributed by atoms with Gasteiger partial charge in [-0.2, -0.15) is 0 Å². The van der Waals surface area contributed by atoms with Crippen molar-refractivity contribution < 1.29 is 17.2 Å². The van der Waals surface area contributed by atoms with Crippen LogP contribution in [0.25, 0.3) is 0 Å². The Kier molecular flexibility index (Phi) is 4.13. The molecule has 0 fully saturated rings. The summed E-state index contributed by atoms with van der Waals surface area (Å²) in [6.07, 6.45) is -2.05. The quantitative estimate of drug-likeness (QED) is 0.578. The van der Waals surface area contributed by atoms with Gasteiger partial charge in [0.05, 0.1) is 8.59 Å². The first-order chi connectivity index (χ1) is 6.75.